The molecule has 1 saturated heterocycles. The second-order valence-corrected chi connectivity index (χ2v) is 7.40. The smallest absolute Gasteiger partial charge is 0.225 e. The molecule has 25 heavy (non-hydrogen) atoms. The lowest BCUT2D eigenvalue weighted by atomic mass is 9.93. The minimum atomic E-state index is 0.322. The second-order valence-electron chi connectivity index (χ2n) is 7.40. The van der Waals surface area contributed by atoms with E-state index in [1.165, 1.54) is 0 Å². The van der Waals surface area contributed by atoms with Crippen LogP contribution in [0.1, 0.15) is 31.9 Å². The summed E-state index contributed by atoms with van der Waals surface area (Å²) in [7, 11) is 1.66. The number of rotatable bonds is 5. The lowest BCUT2D eigenvalue weighted by Gasteiger charge is -2.37. The molecule has 134 valence electrons. The van der Waals surface area contributed by atoms with E-state index < -0.39 is 0 Å². The zero-order valence-corrected chi connectivity index (χ0v) is 15.0. The van der Waals surface area contributed by atoms with Gasteiger partial charge in [-0.05, 0) is 37.3 Å². The summed E-state index contributed by atoms with van der Waals surface area (Å²) in [6, 6.07) is 8.41. The number of carbonyl (C=O) groups is 1. The monoisotopic (exact) mass is 342 g/mol. The Balaban J connectivity index is 1.36. The van der Waals surface area contributed by atoms with E-state index in [0.29, 0.717) is 30.3 Å². The Hall–Kier alpha value is -2.01. The van der Waals surface area contributed by atoms with Gasteiger partial charge in [0.2, 0.25) is 5.91 Å². The zero-order valence-electron chi connectivity index (χ0n) is 15.0. The quantitative estimate of drug-likeness (QED) is 0.907. The molecule has 0 unspecified atom stereocenters. The average Bonchev–Trinajstić information content (AvgIpc) is 3.38. The third-order valence-corrected chi connectivity index (χ3v) is 5.46. The maximum Gasteiger partial charge on any atom is 0.225 e. The fourth-order valence-corrected chi connectivity index (χ4v) is 3.81. The van der Waals surface area contributed by atoms with Gasteiger partial charge in [-0.3, -0.25) is 4.79 Å². The van der Waals surface area contributed by atoms with Crippen LogP contribution in [-0.4, -0.2) is 37.0 Å². The topological polar surface area (TPSA) is 54.7 Å². The second kappa shape index (κ2) is 6.71. The molecule has 4 rings (SSSR count). The highest BCUT2D eigenvalue weighted by Gasteiger charge is 2.36. The van der Waals surface area contributed by atoms with E-state index in [2.05, 4.69) is 23.2 Å². The molecule has 1 aromatic carbocycles. The van der Waals surface area contributed by atoms with Gasteiger partial charge in [-0.1, -0.05) is 19.1 Å². The molecule has 2 aliphatic rings. The summed E-state index contributed by atoms with van der Waals surface area (Å²) in [5.41, 5.74) is 0.805. The van der Waals surface area contributed by atoms with Gasteiger partial charge in [0.15, 0.2) is 11.3 Å². The third-order valence-electron chi connectivity index (χ3n) is 5.46. The summed E-state index contributed by atoms with van der Waals surface area (Å²) >= 11 is 0. The standard InChI is InChI=1S/C20H26N2O3/c1-13-12-22(20(23)14-6-7-14)9-8-17(13)21-11-16-10-15-4-3-5-18(24-2)19(15)25-16/h3-5,10,13-14,17,21H,6-9,11-12H2,1-2H3/t13-,17-/m1/s1. The molecule has 2 fully saturated rings. The SMILES string of the molecule is COc1cccc2cc(CN[C@@H]3CCN(C(=O)C4CC4)C[C@H]3C)oc12. The van der Waals surface area contributed by atoms with E-state index >= 15 is 0 Å². The van der Waals surface area contributed by atoms with Crippen molar-refractivity contribution in [3.8, 4) is 5.75 Å². The number of piperidine rings is 1. The lowest BCUT2D eigenvalue weighted by molar-refractivity contribution is -0.134. The van der Waals surface area contributed by atoms with Crippen LogP contribution >= 0.6 is 0 Å². The van der Waals surface area contributed by atoms with Crippen molar-refractivity contribution >= 4 is 16.9 Å². The third kappa shape index (κ3) is 3.38. The number of hydrogen-bond donors (Lipinski definition) is 1. The number of fused-ring (bicyclic) bond motifs is 1. The molecule has 2 heterocycles. The normalized spacial score (nSPS) is 23.8. The average molecular weight is 342 g/mol. The van der Waals surface area contributed by atoms with E-state index in [0.717, 1.165) is 54.8 Å². The van der Waals surface area contributed by atoms with Gasteiger partial charge in [-0.25, -0.2) is 0 Å². The van der Waals surface area contributed by atoms with Crippen LogP contribution in [0.2, 0.25) is 0 Å². The molecule has 1 aromatic heterocycles. The summed E-state index contributed by atoms with van der Waals surface area (Å²) in [4.78, 5) is 14.3. The number of methoxy groups -OCH3 is 1. The van der Waals surface area contributed by atoms with Crippen molar-refractivity contribution in [2.75, 3.05) is 20.2 Å². The maximum absolute atomic E-state index is 12.2. The van der Waals surface area contributed by atoms with Gasteiger partial charge >= 0.3 is 0 Å². The van der Waals surface area contributed by atoms with E-state index in [9.17, 15) is 4.79 Å². The molecule has 5 heteroatoms. The van der Waals surface area contributed by atoms with Gasteiger partial charge in [0.25, 0.3) is 0 Å². The Morgan fingerprint density at radius 3 is 2.92 bits per heavy atom. The molecule has 1 aliphatic heterocycles. The number of amides is 1. The van der Waals surface area contributed by atoms with Gasteiger partial charge in [0.1, 0.15) is 5.76 Å². The number of hydrogen-bond acceptors (Lipinski definition) is 4. The predicted molar refractivity (Wildman–Crippen MR) is 96.5 cm³/mol. The number of benzene rings is 1. The molecule has 0 radical (unpaired) electrons. The van der Waals surface area contributed by atoms with Crippen molar-refractivity contribution in [3.05, 3.63) is 30.0 Å². The van der Waals surface area contributed by atoms with Crippen molar-refractivity contribution in [1.29, 1.82) is 0 Å². The molecular formula is C20H26N2O3. The molecular weight excluding hydrogens is 316 g/mol. The van der Waals surface area contributed by atoms with Crippen LogP contribution < -0.4 is 10.1 Å². The van der Waals surface area contributed by atoms with E-state index in [4.69, 9.17) is 9.15 Å². The molecule has 0 bridgehead atoms. The molecule has 1 saturated carbocycles. The van der Waals surface area contributed by atoms with Crippen molar-refractivity contribution < 1.29 is 13.9 Å². The van der Waals surface area contributed by atoms with Gasteiger partial charge in [0, 0.05) is 30.4 Å². The Labute approximate surface area is 148 Å². The first-order chi connectivity index (χ1) is 12.2. The van der Waals surface area contributed by atoms with Crippen molar-refractivity contribution in [3.63, 3.8) is 0 Å². The number of para-hydroxylation sites is 1. The maximum atomic E-state index is 12.2. The first kappa shape index (κ1) is 16.5. The number of carbonyl (C=O) groups excluding carboxylic acids is 1. The van der Waals surface area contributed by atoms with Crippen LogP contribution in [0.5, 0.6) is 5.75 Å². The molecule has 2 aromatic rings. The molecule has 1 aliphatic carbocycles. The molecule has 0 spiro atoms. The van der Waals surface area contributed by atoms with E-state index in [-0.39, 0.29) is 0 Å². The Bertz CT molecular complexity index is 765. The van der Waals surface area contributed by atoms with Crippen LogP contribution in [0.4, 0.5) is 0 Å². The number of likely N-dealkylation sites (tertiary alicyclic amines) is 1. The van der Waals surface area contributed by atoms with Gasteiger partial charge < -0.3 is 19.4 Å². The number of furan rings is 1. The Morgan fingerprint density at radius 2 is 2.20 bits per heavy atom. The van der Waals surface area contributed by atoms with Crippen LogP contribution in [0.25, 0.3) is 11.0 Å². The first-order valence-corrected chi connectivity index (χ1v) is 9.23. The van der Waals surface area contributed by atoms with Crippen LogP contribution in [0.15, 0.2) is 28.7 Å². The summed E-state index contributed by atoms with van der Waals surface area (Å²) in [6.45, 7) is 4.65. The van der Waals surface area contributed by atoms with Gasteiger partial charge in [-0.2, -0.15) is 0 Å². The van der Waals surface area contributed by atoms with Crippen LogP contribution in [0.3, 0.4) is 0 Å². The summed E-state index contributed by atoms with van der Waals surface area (Å²) in [5.74, 6) is 2.83. The Morgan fingerprint density at radius 1 is 1.36 bits per heavy atom. The van der Waals surface area contributed by atoms with Crippen LogP contribution in [0, 0.1) is 11.8 Å². The first-order valence-electron chi connectivity index (χ1n) is 9.23. The zero-order chi connectivity index (χ0) is 17.4. The van der Waals surface area contributed by atoms with Gasteiger partial charge in [-0.15, -0.1) is 0 Å². The van der Waals surface area contributed by atoms with E-state index in [1.54, 1.807) is 7.11 Å². The Kier molecular flexibility index (Phi) is 4.42. The number of nitrogens with one attached hydrogen (secondary N) is 1. The fourth-order valence-electron chi connectivity index (χ4n) is 3.81. The summed E-state index contributed by atoms with van der Waals surface area (Å²) in [6.07, 6.45) is 3.17. The fraction of sp³-hybridized carbons (Fsp3) is 0.550. The number of ether oxygens (including phenoxy) is 1. The minimum Gasteiger partial charge on any atom is -0.493 e. The summed E-state index contributed by atoms with van der Waals surface area (Å²) in [5, 5.41) is 4.68. The highest BCUT2D eigenvalue weighted by molar-refractivity contribution is 5.83. The number of nitrogens with zero attached hydrogens (tertiary/aromatic N) is 1. The van der Waals surface area contributed by atoms with Crippen LogP contribution in [-0.2, 0) is 11.3 Å². The molecule has 5 nitrogen and oxygen atoms in total. The van der Waals surface area contributed by atoms with Crippen molar-refractivity contribution in [1.82, 2.24) is 10.2 Å². The summed E-state index contributed by atoms with van der Waals surface area (Å²) < 4.78 is 11.3. The van der Waals surface area contributed by atoms with Gasteiger partial charge in [0.05, 0.1) is 13.7 Å². The lowest BCUT2D eigenvalue weighted by Crippen LogP contribution is -2.50. The van der Waals surface area contributed by atoms with E-state index in [1.807, 2.05) is 18.2 Å². The highest BCUT2D eigenvalue weighted by Crippen LogP contribution is 2.33. The predicted octanol–water partition coefficient (Wildman–Crippen LogP) is 3.18. The molecule has 2 atom stereocenters. The molecule has 1 amide bonds. The molecule has 1 N–H and O–H groups in total. The largest absolute Gasteiger partial charge is 0.493 e. The highest BCUT2D eigenvalue weighted by atomic mass is 16.5. The van der Waals surface area contributed by atoms with Crippen molar-refractivity contribution in [2.24, 2.45) is 11.8 Å². The minimum absolute atomic E-state index is 0.322. The van der Waals surface area contributed by atoms with Crippen molar-refractivity contribution in [2.45, 2.75) is 38.8 Å².